The average molecular weight is 1620 g/mol. The van der Waals surface area contributed by atoms with E-state index in [4.69, 9.17) is 44.0 Å². The average Bonchev–Trinajstić information content (AvgIpc) is 1.75. The monoisotopic (exact) mass is 1610 g/mol. The molecule has 3 saturated carbocycles. The Balaban J connectivity index is 0.000000205. The quantitative estimate of drug-likeness (QED) is 0.0156. The molecule has 9 N–H and O–H groups in total. The number of halogens is 4. The highest BCUT2D eigenvalue weighted by Crippen LogP contribution is 2.45. The van der Waals surface area contributed by atoms with Crippen LogP contribution in [-0.4, -0.2) is 214 Å². The molecule has 0 bridgehead atoms. The van der Waals surface area contributed by atoms with Crippen LogP contribution in [0.2, 0.25) is 5.15 Å². The van der Waals surface area contributed by atoms with Crippen molar-refractivity contribution in [3.05, 3.63) is 91.8 Å². The molecule has 3 aliphatic carbocycles. The van der Waals surface area contributed by atoms with E-state index in [-0.39, 0.29) is 89.1 Å². The minimum atomic E-state index is -4.16. The van der Waals surface area contributed by atoms with Gasteiger partial charge in [0.25, 0.3) is 0 Å². The first-order valence-corrected chi connectivity index (χ1v) is 38.4. The van der Waals surface area contributed by atoms with Gasteiger partial charge in [-0.2, -0.15) is 22.9 Å². The van der Waals surface area contributed by atoms with Gasteiger partial charge in [0.1, 0.15) is 21.8 Å². The van der Waals surface area contributed by atoms with E-state index in [9.17, 15) is 44.7 Å². The second-order valence-electron chi connectivity index (χ2n) is 24.6. The summed E-state index contributed by atoms with van der Waals surface area (Å²) >= 11 is 16.5. The number of aliphatic carboxylic acids is 1. The molecule has 3 fully saturated rings. The summed E-state index contributed by atoms with van der Waals surface area (Å²) in [7, 11) is -1.20. The van der Waals surface area contributed by atoms with Crippen molar-refractivity contribution in [2.75, 3.05) is 94.8 Å². The van der Waals surface area contributed by atoms with Crippen LogP contribution in [0.25, 0.3) is 32.3 Å². The maximum Gasteiger partial charge on any atom is 0.327 e. The minimum absolute atomic E-state index is 0.0290. The Labute approximate surface area is 597 Å². The third-order valence-electron chi connectivity index (χ3n) is 17.3. The number of esters is 2. The van der Waals surface area contributed by atoms with Gasteiger partial charge >= 0.3 is 17.9 Å². The van der Waals surface area contributed by atoms with Crippen LogP contribution < -0.4 is 22.9 Å². The Kier molecular flexibility index (Phi) is 26.8. The van der Waals surface area contributed by atoms with E-state index in [1.165, 1.54) is 45.1 Å². The highest BCUT2D eigenvalue weighted by atomic mass is 79.9. The number of ether oxygens (including phenoxy) is 2. The summed E-state index contributed by atoms with van der Waals surface area (Å²) in [4.78, 5) is 64.8. The minimum Gasteiger partial charge on any atom is -0.480 e. The summed E-state index contributed by atoms with van der Waals surface area (Å²) in [5.74, 6) is -2.12. The number of carboxylic acids is 1. The fourth-order valence-electron chi connectivity index (χ4n) is 12.4. The summed E-state index contributed by atoms with van der Waals surface area (Å²) in [5, 5.41) is 13.9. The molecule has 6 aromatic rings. The van der Waals surface area contributed by atoms with Gasteiger partial charge in [-0.15, -0.1) is 0 Å². The molecule has 0 spiro atoms. The lowest BCUT2D eigenvalue weighted by Gasteiger charge is -2.38. The Morgan fingerprint density at radius 2 is 0.773 bits per heavy atom. The number of carbonyl (C=O) groups is 3. The fourth-order valence-corrected chi connectivity index (χ4v) is 19.4. The van der Waals surface area contributed by atoms with E-state index in [1.807, 2.05) is 57.0 Å². The number of rotatable bonds is 25. The molecule has 27 nitrogen and oxygen atoms in total. The van der Waals surface area contributed by atoms with Crippen molar-refractivity contribution in [3.63, 3.8) is 0 Å². The molecule has 97 heavy (non-hydrogen) atoms. The lowest BCUT2D eigenvalue weighted by Crippen LogP contribution is -2.57. The number of aromatic nitrogens is 3. The Morgan fingerprint density at radius 1 is 0.485 bits per heavy atom. The largest absolute Gasteiger partial charge is 0.480 e. The lowest BCUT2D eigenvalue weighted by molar-refractivity contribution is -0.155. The van der Waals surface area contributed by atoms with E-state index in [0.717, 1.165) is 39.8 Å². The van der Waals surface area contributed by atoms with E-state index < -0.39 is 64.6 Å². The second-order valence-corrected chi connectivity index (χ2v) is 33.1. The molecule has 3 aromatic heterocycles. The van der Waals surface area contributed by atoms with E-state index in [2.05, 4.69) is 72.7 Å². The van der Waals surface area contributed by atoms with E-state index in [0.29, 0.717) is 94.0 Å². The fraction of sp³-hybridized carbons (Fsp3) is 0.492. The van der Waals surface area contributed by atoms with Crippen molar-refractivity contribution in [2.45, 2.75) is 122 Å². The van der Waals surface area contributed by atoms with Crippen LogP contribution in [0.5, 0.6) is 0 Å². The van der Waals surface area contributed by atoms with Crippen molar-refractivity contribution in [2.24, 2.45) is 32.9 Å². The molecule has 3 aliphatic rings. The van der Waals surface area contributed by atoms with Crippen LogP contribution in [0.4, 0.5) is 11.6 Å². The number of nitrogens with zero attached hydrogens (tertiary/aromatic N) is 11. The molecule has 0 aliphatic heterocycles. The number of carbonyl (C=O) groups excluding carboxylic acids is 2. The van der Waals surface area contributed by atoms with Gasteiger partial charge in [0.2, 0.25) is 30.1 Å². The van der Waals surface area contributed by atoms with Crippen LogP contribution in [0.1, 0.15) is 90.9 Å². The van der Waals surface area contributed by atoms with Gasteiger partial charge in [-0.1, -0.05) is 68.3 Å². The highest BCUT2D eigenvalue weighted by Gasteiger charge is 2.55. The molecule has 9 rings (SSSR count). The predicted molar refractivity (Wildman–Crippen MR) is 386 cm³/mol. The smallest absolute Gasteiger partial charge is 0.327 e. The van der Waals surface area contributed by atoms with Gasteiger partial charge in [0.05, 0.1) is 27.9 Å². The number of guanidine groups is 2. The third kappa shape index (κ3) is 17.5. The summed E-state index contributed by atoms with van der Waals surface area (Å²) in [6.07, 6.45) is 11.3. The van der Waals surface area contributed by atoms with Crippen molar-refractivity contribution < 1.29 is 54.2 Å². The van der Waals surface area contributed by atoms with Crippen LogP contribution in [-0.2, 0) is 53.9 Å². The maximum absolute atomic E-state index is 14.1. The normalized spacial score (nSPS) is 16.0. The number of pyridine rings is 3. The zero-order chi connectivity index (χ0) is 71.6. The van der Waals surface area contributed by atoms with E-state index in [1.54, 1.807) is 50.5 Å². The second kappa shape index (κ2) is 33.1. The summed E-state index contributed by atoms with van der Waals surface area (Å²) in [6, 6.07) is 14.0. The number of carboxylic acid groups (broad SMARTS) is 1. The molecule has 34 heteroatoms. The van der Waals surface area contributed by atoms with Crippen molar-refractivity contribution >= 4 is 163 Å². The van der Waals surface area contributed by atoms with Gasteiger partial charge in [-0.05, 0) is 179 Å². The topological polar surface area (TPSA) is 379 Å². The number of hydrogen-bond donors (Lipinski definition) is 5. The van der Waals surface area contributed by atoms with Gasteiger partial charge < -0.3 is 52.2 Å². The molecule has 0 unspecified atom stereocenters. The van der Waals surface area contributed by atoms with Gasteiger partial charge in [-0.25, -0.2) is 40.2 Å². The first kappa shape index (κ1) is 78.5. The van der Waals surface area contributed by atoms with Crippen molar-refractivity contribution in [1.29, 1.82) is 0 Å². The Morgan fingerprint density at radius 3 is 1.07 bits per heavy atom. The molecule has 0 saturated heterocycles. The molecular formula is C63H85Br3ClN15O12S3. The zero-order valence-electron chi connectivity index (χ0n) is 55.5. The Bertz CT molecular complexity index is 4280. The first-order valence-electron chi connectivity index (χ1n) is 31.3. The molecule has 0 radical (unpaired) electrons. The van der Waals surface area contributed by atoms with E-state index >= 15 is 0 Å². The lowest BCUT2D eigenvalue weighted by atomic mass is 9.97. The van der Waals surface area contributed by atoms with Crippen molar-refractivity contribution in [1.82, 2.24) is 42.6 Å². The van der Waals surface area contributed by atoms with Crippen molar-refractivity contribution in [3.8, 4) is 0 Å². The molecule has 0 atom stereocenters. The molecule has 3 aromatic carbocycles. The first-order chi connectivity index (χ1) is 45.6. The van der Waals surface area contributed by atoms with Gasteiger partial charge in [-0.3, -0.25) is 14.4 Å². The third-order valence-corrected chi connectivity index (χ3v) is 25.3. The summed E-state index contributed by atoms with van der Waals surface area (Å²) < 4.78 is 100. The number of aliphatic imine (C=N–C) groups is 2. The number of sulfonamides is 3. The van der Waals surface area contributed by atoms with Crippen LogP contribution in [0.15, 0.2) is 111 Å². The van der Waals surface area contributed by atoms with Crippen LogP contribution in [0.3, 0.4) is 0 Å². The SMILES string of the molecule is CCOC(=O)C1(N(CCN(C)C)S(=O)(=O)c2ccc3c(Br)cnc(Cl)c3c2)CCCC1.CCOC(=O)C1(N(CCN(C)C)S(=O)(=O)c2ccc3c(Br)cnc(N=C(N)N)c3c2)CCCC1.CN(C)CCN(C1(C(=O)O)CCCC1)S(=O)(=O)c1ccc2c(Br)cnc(N=C(N)N)c2c1. The molecule has 0 amide bonds. The summed E-state index contributed by atoms with van der Waals surface area (Å²) in [5.41, 5.74) is 18.2. The standard InChI is InChI=1S/C22H31BrN6O4S.C21H27BrClN3O4S.C20H27BrN6O4S/c1-4-33-20(30)22(9-5-6-10-22)29(12-11-28(2)3)34(31,32)15-7-8-16-17(13-15)19(27-21(24)25)26-14-18(16)23;1-4-30-20(27)21(9-5-6-10-21)26(12-11-25(2)3)31(28,29)15-7-8-16-17(13-15)19(23)24-14-18(16)22;1-26(2)9-10-27(20(18(28)29)7-3-4-8-20)32(30,31)13-5-6-14-15(11-13)17(25-19(22)23)24-12-16(14)21/h7-8,13-14H,4-6,9-12H2,1-3H3,(H4,24,25,26,27);7-8,13-14H,4-6,9-12H2,1-3H3;5-6,11-12H,3-4,7-10H2,1-2H3,(H,28,29)(H4,22,23,24,25). The van der Waals surface area contributed by atoms with Crippen LogP contribution in [0, 0.1) is 0 Å². The number of benzene rings is 3. The highest BCUT2D eigenvalue weighted by molar-refractivity contribution is 9.11. The molecule has 3 heterocycles. The van der Waals surface area contributed by atoms with Crippen LogP contribution >= 0.6 is 59.4 Å². The van der Waals surface area contributed by atoms with Gasteiger partial charge in [0, 0.05) is 104 Å². The number of nitrogens with two attached hydrogens (primary N) is 4. The predicted octanol–water partition coefficient (Wildman–Crippen LogP) is 8.26. The molecule has 530 valence electrons. The molecular weight excluding hydrogens is 1530 g/mol. The number of likely N-dealkylation sites (N-methyl/N-ethyl adjacent to an activating group) is 3. The number of hydrogen-bond acceptors (Lipinski definition) is 19. The summed E-state index contributed by atoms with van der Waals surface area (Å²) in [6.45, 7) is 5.51. The van der Waals surface area contributed by atoms with Gasteiger partial charge in [0.15, 0.2) is 23.6 Å². The zero-order valence-corrected chi connectivity index (χ0v) is 63.4. The number of fused-ring (bicyclic) bond motifs is 3. The Hall–Kier alpha value is -5.82. The maximum atomic E-state index is 14.1.